The second kappa shape index (κ2) is 5.66. The molecule has 4 aromatic carbocycles. The monoisotopic (exact) mass is 314 g/mol. The summed E-state index contributed by atoms with van der Waals surface area (Å²) in [6.07, 6.45) is 0. The molecule has 2 N–H and O–H groups in total. The van der Waals surface area contributed by atoms with Crippen molar-refractivity contribution in [2.75, 3.05) is 0 Å². The van der Waals surface area contributed by atoms with Gasteiger partial charge < -0.3 is 10.2 Å². The zero-order valence-corrected chi connectivity index (χ0v) is 12.7. The van der Waals surface area contributed by atoms with Crippen molar-refractivity contribution in [3.8, 4) is 11.5 Å². The number of nitrogens with zero attached hydrogens (tertiary/aromatic N) is 2. The maximum absolute atomic E-state index is 10.2. The second-order valence-corrected chi connectivity index (χ2v) is 5.54. The first-order chi connectivity index (χ1) is 11.7. The van der Waals surface area contributed by atoms with Crippen LogP contribution in [0.5, 0.6) is 11.5 Å². The average Bonchev–Trinajstić information content (AvgIpc) is 2.61. The van der Waals surface area contributed by atoms with E-state index in [0.717, 1.165) is 21.8 Å². The lowest BCUT2D eigenvalue weighted by Crippen LogP contribution is -1.76. The maximum atomic E-state index is 10.2. The van der Waals surface area contributed by atoms with Gasteiger partial charge in [-0.05, 0) is 35.0 Å². The summed E-state index contributed by atoms with van der Waals surface area (Å²) in [5.74, 6) is 0.145. The van der Waals surface area contributed by atoms with Gasteiger partial charge in [0.2, 0.25) is 0 Å². The summed E-state index contributed by atoms with van der Waals surface area (Å²) in [6.45, 7) is 0. The zero-order chi connectivity index (χ0) is 16.5. The highest BCUT2D eigenvalue weighted by molar-refractivity contribution is 5.96. The molecule has 0 unspecified atom stereocenters. The van der Waals surface area contributed by atoms with E-state index in [2.05, 4.69) is 10.2 Å². The standard InChI is InChI=1S/C20H14N2O2/c23-15-10-8-14-9-11-19(24)20(17(14)12-15)22-21-18-7-3-5-13-4-1-2-6-16(13)18/h1-12,23-24H. The van der Waals surface area contributed by atoms with Gasteiger partial charge >= 0.3 is 0 Å². The van der Waals surface area contributed by atoms with Gasteiger partial charge in [0.1, 0.15) is 17.2 Å². The summed E-state index contributed by atoms with van der Waals surface area (Å²) in [5, 5.41) is 32.1. The topological polar surface area (TPSA) is 65.2 Å². The molecule has 0 fully saturated rings. The smallest absolute Gasteiger partial charge is 0.143 e. The minimum atomic E-state index is 0.0251. The maximum Gasteiger partial charge on any atom is 0.143 e. The fourth-order valence-electron chi connectivity index (χ4n) is 2.78. The highest BCUT2D eigenvalue weighted by Crippen LogP contribution is 2.38. The molecule has 24 heavy (non-hydrogen) atoms. The Kier molecular flexibility index (Phi) is 3.35. The van der Waals surface area contributed by atoms with Gasteiger partial charge in [-0.25, -0.2) is 0 Å². The molecule has 4 heteroatoms. The molecule has 0 spiro atoms. The number of fused-ring (bicyclic) bond motifs is 2. The predicted molar refractivity (Wildman–Crippen MR) is 95.4 cm³/mol. The van der Waals surface area contributed by atoms with Crippen molar-refractivity contribution in [1.82, 2.24) is 0 Å². The van der Waals surface area contributed by atoms with Crippen molar-refractivity contribution in [1.29, 1.82) is 0 Å². The molecule has 116 valence electrons. The molecule has 0 atom stereocenters. The number of hydrogen-bond acceptors (Lipinski definition) is 4. The third-order valence-electron chi connectivity index (χ3n) is 3.98. The van der Waals surface area contributed by atoms with Crippen LogP contribution in [0.15, 0.2) is 83.0 Å². The second-order valence-electron chi connectivity index (χ2n) is 5.54. The van der Waals surface area contributed by atoms with Gasteiger partial charge in [0.05, 0.1) is 5.69 Å². The first-order valence-corrected chi connectivity index (χ1v) is 7.56. The van der Waals surface area contributed by atoms with E-state index >= 15 is 0 Å². The zero-order valence-electron chi connectivity index (χ0n) is 12.7. The SMILES string of the molecule is Oc1ccc2ccc(O)c(N=Nc3cccc4ccccc34)c2c1. The predicted octanol–water partition coefficient (Wildman–Crippen LogP) is 5.82. The number of azo groups is 1. The van der Waals surface area contributed by atoms with E-state index in [0.29, 0.717) is 11.1 Å². The Morgan fingerprint density at radius 2 is 1.38 bits per heavy atom. The van der Waals surface area contributed by atoms with Gasteiger partial charge in [0, 0.05) is 10.8 Å². The molecule has 0 amide bonds. The Balaban J connectivity index is 1.88. The van der Waals surface area contributed by atoms with E-state index in [9.17, 15) is 10.2 Å². The Bertz CT molecular complexity index is 1080. The van der Waals surface area contributed by atoms with Gasteiger partial charge in [-0.3, -0.25) is 0 Å². The summed E-state index contributed by atoms with van der Waals surface area (Å²) >= 11 is 0. The molecule has 0 aliphatic heterocycles. The van der Waals surface area contributed by atoms with Crippen LogP contribution in [0, 0.1) is 0 Å². The molecule has 0 heterocycles. The Hall–Kier alpha value is -3.40. The number of phenolic OH excluding ortho intramolecular Hbond substituents is 2. The first-order valence-electron chi connectivity index (χ1n) is 7.56. The number of phenols is 2. The minimum Gasteiger partial charge on any atom is -0.508 e. The Labute approximate surface area is 138 Å². The molecule has 0 radical (unpaired) electrons. The summed E-state index contributed by atoms with van der Waals surface area (Å²) < 4.78 is 0. The van der Waals surface area contributed by atoms with Gasteiger partial charge in [0.15, 0.2) is 0 Å². The van der Waals surface area contributed by atoms with Gasteiger partial charge in [-0.15, -0.1) is 10.2 Å². The lowest BCUT2D eigenvalue weighted by Gasteiger charge is -2.05. The van der Waals surface area contributed by atoms with E-state index in [1.165, 1.54) is 0 Å². The van der Waals surface area contributed by atoms with Crippen LogP contribution in [0.3, 0.4) is 0 Å². The third kappa shape index (κ3) is 2.44. The van der Waals surface area contributed by atoms with Crippen LogP contribution < -0.4 is 0 Å². The van der Waals surface area contributed by atoms with Crippen molar-refractivity contribution < 1.29 is 10.2 Å². The molecule has 4 nitrogen and oxygen atoms in total. The van der Waals surface area contributed by atoms with Crippen LogP contribution in [-0.4, -0.2) is 10.2 Å². The molecule has 0 aromatic heterocycles. The Morgan fingerprint density at radius 3 is 2.29 bits per heavy atom. The van der Waals surface area contributed by atoms with Crippen molar-refractivity contribution in [3.05, 3.63) is 72.8 Å². The van der Waals surface area contributed by atoms with Crippen LogP contribution in [0.1, 0.15) is 0 Å². The summed E-state index contributed by atoms with van der Waals surface area (Å²) in [7, 11) is 0. The third-order valence-corrected chi connectivity index (χ3v) is 3.98. The van der Waals surface area contributed by atoms with Crippen LogP contribution in [0.4, 0.5) is 11.4 Å². The van der Waals surface area contributed by atoms with Crippen LogP contribution >= 0.6 is 0 Å². The van der Waals surface area contributed by atoms with Crippen molar-refractivity contribution in [2.24, 2.45) is 10.2 Å². The van der Waals surface area contributed by atoms with Gasteiger partial charge in [-0.2, -0.15) is 0 Å². The Morgan fingerprint density at radius 1 is 0.625 bits per heavy atom. The van der Waals surface area contributed by atoms with E-state index < -0.39 is 0 Å². The van der Waals surface area contributed by atoms with Crippen molar-refractivity contribution in [2.45, 2.75) is 0 Å². The summed E-state index contributed by atoms with van der Waals surface area (Å²) in [6, 6.07) is 22.1. The van der Waals surface area contributed by atoms with Gasteiger partial charge in [-0.1, -0.05) is 48.5 Å². The highest BCUT2D eigenvalue weighted by atomic mass is 16.3. The molecule has 0 bridgehead atoms. The molecule has 4 aromatic rings. The number of aromatic hydroxyl groups is 2. The quantitative estimate of drug-likeness (QED) is 0.458. The van der Waals surface area contributed by atoms with Gasteiger partial charge in [0.25, 0.3) is 0 Å². The lowest BCUT2D eigenvalue weighted by atomic mass is 10.1. The molecular weight excluding hydrogens is 300 g/mol. The average molecular weight is 314 g/mol. The van der Waals surface area contributed by atoms with Crippen LogP contribution in [0.2, 0.25) is 0 Å². The number of hydrogen-bond donors (Lipinski definition) is 2. The fraction of sp³-hybridized carbons (Fsp3) is 0. The van der Waals surface area contributed by atoms with E-state index in [4.69, 9.17) is 0 Å². The molecule has 0 saturated heterocycles. The molecular formula is C20H14N2O2. The highest BCUT2D eigenvalue weighted by Gasteiger charge is 2.08. The van der Waals surface area contributed by atoms with Crippen LogP contribution in [0.25, 0.3) is 21.5 Å². The molecule has 0 aliphatic rings. The molecule has 0 saturated carbocycles. The summed E-state index contributed by atoms with van der Waals surface area (Å²) in [5.41, 5.74) is 1.07. The normalized spacial score (nSPS) is 11.5. The van der Waals surface area contributed by atoms with E-state index in [1.807, 2.05) is 42.5 Å². The van der Waals surface area contributed by atoms with Crippen LogP contribution in [-0.2, 0) is 0 Å². The van der Waals surface area contributed by atoms with E-state index in [-0.39, 0.29) is 11.5 Å². The lowest BCUT2D eigenvalue weighted by molar-refractivity contribution is 0.475. The number of rotatable bonds is 2. The fourth-order valence-corrected chi connectivity index (χ4v) is 2.78. The van der Waals surface area contributed by atoms with Crippen molar-refractivity contribution >= 4 is 32.9 Å². The number of benzene rings is 4. The molecule has 4 rings (SSSR count). The largest absolute Gasteiger partial charge is 0.508 e. The summed E-state index contributed by atoms with van der Waals surface area (Å²) in [4.78, 5) is 0. The molecule has 0 aliphatic carbocycles. The first kappa shape index (κ1) is 14.2. The minimum absolute atomic E-state index is 0.0251. The van der Waals surface area contributed by atoms with Crippen molar-refractivity contribution in [3.63, 3.8) is 0 Å². The van der Waals surface area contributed by atoms with E-state index in [1.54, 1.807) is 30.3 Å².